The molecule has 8 heteroatoms. The molecule has 0 radical (unpaired) electrons. The SMILES string of the molecule is O=C(Nc1ccccc1)c1cc2ccccc2c(C=Nc2cc([N+](=O)[O-])ccc2O)c1[O-]. The zero-order valence-electron chi connectivity index (χ0n) is 16.6. The monoisotopic (exact) mass is 426 g/mol. The zero-order valence-corrected chi connectivity index (χ0v) is 16.6. The van der Waals surface area contributed by atoms with E-state index in [9.17, 15) is 25.1 Å². The van der Waals surface area contributed by atoms with Gasteiger partial charge in [-0.05, 0) is 40.6 Å². The number of rotatable bonds is 5. The van der Waals surface area contributed by atoms with Crippen LogP contribution >= 0.6 is 0 Å². The number of nitro benzene ring substituents is 1. The van der Waals surface area contributed by atoms with E-state index in [1.807, 2.05) is 6.07 Å². The maximum atomic E-state index is 13.2. The second kappa shape index (κ2) is 8.57. The van der Waals surface area contributed by atoms with Gasteiger partial charge in [-0.1, -0.05) is 48.2 Å². The molecule has 0 fully saturated rings. The number of carbonyl (C=O) groups is 1. The number of hydrogen-bond donors (Lipinski definition) is 2. The van der Waals surface area contributed by atoms with Gasteiger partial charge in [-0.15, -0.1) is 0 Å². The summed E-state index contributed by atoms with van der Waals surface area (Å²) in [7, 11) is 0. The van der Waals surface area contributed by atoms with Crippen LogP contribution in [0.4, 0.5) is 17.1 Å². The number of nitrogens with one attached hydrogen (secondary N) is 1. The molecule has 0 aliphatic heterocycles. The first-order valence-electron chi connectivity index (χ1n) is 9.54. The smallest absolute Gasteiger partial charge is 0.271 e. The lowest BCUT2D eigenvalue weighted by Crippen LogP contribution is -2.16. The van der Waals surface area contributed by atoms with E-state index in [1.54, 1.807) is 48.5 Å². The van der Waals surface area contributed by atoms with Crippen molar-refractivity contribution in [1.82, 2.24) is 0 Å². The van der Waals surface area contributed by atoms with Crippen molar-refractivity contribution in [3.63, 3.8) is 0 Å². The molecule has 0 aromatic heterocycles. The van der Waals surface area contributed by atoms with Gasteiger partial charge < -0.3 is 15.5 Å². The van der Waals surface area contributed by atoms with E-state index in [0.29, 0.717) is 16.5 Å². The Morgan fingerprint density at radius 3 is 2.47 bits per heavy atom. The molecule has 0 aliphatic carbocycles. The summed E-state index contributed by atoms with van der Waals surface area (Å²) in [4.78, 5) is 27.3. The number of para-hydroxylation sites is 1. The van der Waals surface area contributed by atoms with Gasteiger partial charge in [0.2, 0.25) is 0 Å². The van der Waals surface area contributed by atoms with E-state index >= 15 is 0 Å². The number of hydrogen-bond acceptors (Lipinski definition) is 6. The fourth-order valence-corrected chi connectivity index (χ4v) is 3.24. The molecular weight excluding hydrogens is 410 g/mol. The molecule has 0 atom stereocenters. The molecule has 2 N–H and O–H groups in total. The Bertz CT molecular complexity index is 1370. The van der Waals surface area contributed by atoms with Crippen LogP contribution in [0.15, 0.2) is 83.9 Å². The van der Waals surface area contributed by atoms with Gasteiger partial charge in [-0.2, -0.15) is 0 Å². The number of non-ortho nitro benzene ring substituents is 1. The summed E-state index contributed by atoms with van der Waals surface area (Å²) in [5.41, 5.74) is 0.284. The van der Waals surface area contributed by atoms with Crippen molar-refractivity contribution in [1.29, 1.82) is 0 Å². The normalized spacial score (nSPS) is 11.0. The third-order valence-electron chi connectivity index (χ3n) is 4.82. The van der Waals surface area contributed by atoms with E-state index in [-0.39, 0.29) is 28.3 Å². The van der Waals surface area contributed by atoms with Crippen molar-refractivity contribution < 1.29 is 19.9 Å². The number of aliphatic imine (C=N–C) groups is 1. The quantitative estimate of drug-likeness (QED) is 0.275. The number of anilines is 1. The van der Waals surface area contributed by atoms with Crippen molar-refractivity contribution >= 4 is 40.0 Å². The van der Waals surface area contributed by atoms with Gasteiger partial charge in [0.05, 0.1) is 4.92 Å². The molecule has 0 saturated carbocycles. The Morgan fingerprint density at radius 1 is 1.00 bits per heavy atom. The Kier molecular flexibility index (Phi) is 5.50. The number of carbonyl (C=O) groups excluding carboxylic acids is 1. The maximum Gasteiger partial charge on any atom is 0.271 e. The van der Waals surface area contributed by atoms with Gasteiger partial charge in [-0.3, -0.25) is 19.9 Å². The van der Waals surface area contributed by atoms with E-state index < -0.39 is 16.6 Å². The summed E-state index contributed by atoms with van der Waals surface area (Å²) in [6, 6.07) is 20.7. The topological polar surface area (TPSA) is 128 Å². The minimum atomic E-state index is -0.610. The highest BCUT2D eigenvalue weighted by Gasteiger charge is 2.13. The van der Waals surface area contributed by atoms with Crippen molar-refractivity contribution in [2.75, 3.05) is 5.32 Å². The molecule has 0 bridgehead atoms. The highest BCUT2D eigenvalue weighted by molar-refractivity contribution is 6.13. The Morgan fingerprint density at radius 2 is 1.72 bits per heavy atom. The minimum absolute atomic E-state index is 0.0678. The zero-order chi connectivity index (χ0) is 22.7. The largest absolute Gasteiger partial charge is 0.871 e. The highest BCUT2D eigenvalue weighted by atomic mass is 16.6. The Hall–Kier alpha value is -4.72. The summed E-state index contributed by atoms with van der Waals surface area (Å²) >= 11 is 0. The van der Waals surface area contributed by atoms with Crippen LogP contribution in [0.25, 0.3) is 10.8 Å². The first-order valence-corrected chi connectivity index (χ1v) is 9.54. The number of nitrogens with zero attached hydrogens (tertiary/aromatic N) is 2. The summed E-state index contributed by atoms with van der Waals surface area (Å²) in [5, 5.41) is 38.1. The van der Waals surface area contributed by atoms with Crippen LogP contribution in [0.3, 0.4) is 0 Å². The number of phenolic OH excluding ortho intramolecular Hbond substituents is 1. The molecule has 0 unspecified atom stereocenters. The fourth-order valence-electron chi connectivity index (χ4n) is 3.24. The maximum absolute atomic E-state index is 13.2. The van der Waals surface area contributed by atoms with Gasteiger partial charge in [0.1, 0.15) is 11.4 Å². The van der Waals surface area contributed by atoms with Crippen LogP contribution < -0.4 is 10.4 Å². The van der Waals surface area contributed by atoms with Crippen LogP contribution in [-0.2, 0) is 0 Å². The summed E-state index contributed by atoms with van der Waals surface area (Å²) < 4.78 is 0. The van der Waals surface area contributed by atoms with Crippen LogP contribution in [-0.4, -0.2) is 22.2 Å². The summed E-state index contributed by atoms with van der Waals surface area (Å²) in [6.45, 7) is 0. The molecule has 158 valence electrons. The summed E-state index contributed by atoms with van der Waals surface area (Å²) in [6.07, 6.45) is 1.21. The molecule has 4 rings (SSSR count). The van der Waals surface area contributed by atoms with Crippen LogP contribution in [0.5, 0.6) is 11.5 Å². The van der Waals surface area contributed by atoms with Crippen LogP contribution in [0, 0.1) is 10.1 Å². The molecule has 0 saturated heterocycles. The highest BCUT2D eigenvalue weighted by Crippen LogP contribution is 2.33. The van der Waals surface area contributed by atoms with E-state index in [1.165, 1.54) is 12.3 Å². The summed E-state index contributed by atoms with van der Waals surface area (Å²) in [5.74, 6) is -1.40. The molecule has 4 aromatic carbocycles. The van der Waals surface area contributed by atoms with Crippen molar-refractivity contribution in [2.24, 2.45) is 4.99 Å². The number of aromatic hydroxyl groups is 1. The third-order valence-corrected chi connectivity index (χ3v) is 4.82. The lowest BCUT2D eigenvalue weighted by atomic mass is 9.99. The third kappa shape index (κ3) is 4.10. The molecular formula is C24H16N3O5-. The fraction of sp³-hybridized carbons (Fsp3) is 0. The van der Waals surface area contributed by atoms with Crippen molar-refractivity contribution in [2.45, 2.75) is 0 Å². The number of nitro groups is 1. The number of phenols is 1. The first-order chi connectivity index (χ1) is 15.4. The first kappa shape index (κ1) is 20.5. The van der Waals surface area contributed by atoms with Crippen LogP contribution in [0.2, 0.25) is 0 Å². The molecule has 0 aliphatic rings. The van der Waals surface area contributed by atoms with Gasteiger partial charge >= 0.3 is 0 Å². The Balaban J connectivity index is 1.80. The van der Waals surface area contributed by atoms with Gasteiger partial charge in [0, 0.05) is 29.6 Å². The molecule has 32 heavy (non-hydrogen) atoms. The van der Waals surface area contributed by atoms with Gasteiger partial charge in [0.15, 0.2) is 0 Å². The molecule has 1 amide bonds. The Labute approximate surface area is 182 Å². The number of benzene rings is 4. The minimum Gasteiger partial charge on any atom is -0.871 e. The van der Waals surface area contributed by atoms with Crippen molar-refractivity contribution in [3.8, 4) is 11.5 Å². The standard InChI is InChI=1S/C24H17N3O5/c28-22-11-10-17(27(31)32)13-21(22)25-14-20-18-9-5-4-6-15(18)12-19(23(20)29)24(30)26-16-7-2-1-3-8-16/h1-14,28-29H,(H,26,30)/p-1. The molecule has 0 spiro atoms. The second-order valence-corrected chi connectivity index (χ2v) is 6.90. The number of amides is 1. The van der Waals surface area contributed by atoms with E-state index in [4.69, 9.17) is 0 Å². The predicted octanol–water partition coefficient (Wildman–Crippen LogP) is 4.53. The molecule has 0 heterocycles. The second-order valence-electron chi connectivity index (χ2n) is 6.90. The average molecular weight is 426 g/mol. The predicted molar refractivity (Wildman–Crippen MR) is 120 cm³/mol. The number of fused-ring (bicyclic) bond motifs is 1. The van der Waals surface area contributed by atoms with Crippen LogP contribution in [0.1, 0.15) is 15.9 Å². The van der Waals surface area contributed by atoms with Crippen molar-refractivity contribution in [3.05, 3.63) is 100 Å². The van der Waals surface area contributed by atoms with Gasteiger partial charge in [0.25, 0.3) is 11.6 Å². The van der Waals surface area contributed by atoms with E-state index in [2.05, 4.69) is 10.3 Å². The molecule has 4 aromatic rings. The lowest BCUT2D eigenvalue weighted by molar-refractivity contribution is -0.384. The average Bonchev–Trinajstić information content (AvgIpc) is 2.79. The molecule has 8 nitrogen and oxygen atoms in total. The van der Waals surface area contributed by atoms with E-state index in [0.717, 1.165) is 18.2 Å². The van der Waals surface area contributed by atoms with Gasteiger partial charge in [-0.25, -0.2) is 0 Å². The lowest BCUT2D eigenvalue weighted by Gasteiger charge is -2.19.